The Morgan fingerprint density at radius 3 is 3.10 bits per heavy atom. The number of hydrogen-bond acceptors (Lipinski definition) is 5. The van der Waals surface area contributed by atoms with Crippen molar-refractivity contribution >= 4 is 33.1 Å². The first-order chi connectivity index (χ1) is 10.1. The zero-order valence-corrected chi connectivity index (χ0v) is 13.0. The highest BCUT2D eigenvalue weighted by atomic mass is 32.1. The Labute approximate surface area is 127 Å². The SMILES string of the molecule is CC(C)c1nc2ccc(NC(=O)C3COCCN3)cc2s1. The van der Waals surface area contributed by atoms with Crippen molar-refractivity contribution in [1.82, 2.24) is 10.3 Å². The van der Waals surface area contributed by atoms with Gasteiger partial charge in [0.25, 0.3) is 0 Å². The van der Waals surface area contributed by atoms with Gasteiger partial charge >= 0.3 is 0 Å². The molecule has 112 valence electrons. The van der Waals surface area contributed by atoms with Gasteiger partial charge in [-0.1, -0.05) is 13.8 Å². The van der Waals surface area contributed by atoms with Crippen LogP contribution in [0.25, 0.3) is 10.2 Å². The highest BCUT2D eigenvalue weighted by Gasteiger charge is 2.21. The van der Waals surface area contributed by atoms with Gasteiger partial charge in [0.05, 0.1) is 28.4 Å². The van der Waals surface area contributed by atoms with E-state index in [1.54, 1.807) is 11.3 Å². The van der Waals surface area contributed by atoms with Crippen molar-refractivity contribution < 1.29 is 9.53 Å². The molecule has 1 unspecified atom stereocenters. The van der Waals surface area contributed by atoms with Crippen molar-refractivity contribution in [2.24, 2.45) is 0 Å². The number of morpholine rings is 1. The number of rotatable bonds is 3. The molecule has 0 spiro atoms. The Hall–Kier alpha value is -1.50. The highest BCUT2D eigenvalue weighted by molar-refractivity contribution is 7.18. The molecule has 1 saturated heterocycles. The lowest BCUT2D eigenvalue weighted by Crippen LogP contribution is -2.48. The molecule has 1 fully saturated rings. The van der Waals surface area contributed by atoms with E-state index >= 15 is 0 Å². The second-order valence-corrected chi connectivity index (χ2v) is 6.52. The van der Waals surface area contributed by atoms with E-state index in [1.807, 2.05) is 18.2 Å². The summed E-state index contributed by atoms with van der Waals surface area (Å²) in [5, 5.41) is 7.21. The zero-order chi connectivity index (χ0) is 14.8. The largest absolute Gasteiger partial charge is 0.378 e. The Bertz CT molecular complexity index is 647. The number of anilines is 1. The molecule has 5 nitrogen and oxygen atoms in total. The standard InChI is InChI=1S/C15H19N3O2S/c1-9(2)15-18-11-4-3-10(7-13(11)21-15)17-14(19)12-8-20-6-5-16-12/h3-4,7,9,12,16H,5-6,8H2,1-2H3,(H,17,19). The van der Waals surface area contributed by atoms with Crippen LogP contribution in [0.5, 0.6) is 0 Å². The van der Waals surface area contributed by atoms with E-state index in [9.17, 15) is 4.79 Å². The van der Waals surface area contributed by atoms with E-state index in [4.69, 9.17) is 4.74 Å². The van der Waals surface area contributed by atoms with Crippen LogP contribution in [0, 0.1) is 0 Å². The lowest BCUT2D eigenvalue weighted by molar-refractivity contribution is -0.120. The van der Waals surface area contributed by atoms with Crippen LogP contribution >= 0.6 is 11.3 Å². The monoisotopic (exact) mass is 305 g/mol. The first-order valence-corrected chi connectivity index (χ1v) is 7.97. The van der Waals surface area contributed by atoms with Gasteiger partial charge in [0.2, 0.25) is 5.91 Å². The van der Waals surface area contributed by atoms with Gasteiger partial charge in [0, 0.05) is 18.2 Å². The maximum absolute atomic E-state index is 12.2. The third-order valence-corrected chi connectivity index (χ3v) is 4.72. The van der Waals surface area contributed by atoms with Crippen LogP contribution in [-0.2, 0) is 9.53 Å². The summed E-state index contributed by atoms with van der Waals surface area (Å²) in [6, 6.07) is 5.56. The summed E-state index contributed by atoms with van der Waals surface area (Å²) in [5.41, 5.74) is 1.79. The van der Waals surface area contributed by atoms with E-state index in [-0.39, 0.29) is 11.9 Å². The number of amides is 1. The summed E-state index contributed by atoms with van der Waals surface area (Å²) in [7, 11) is 0. The van der Waals surface area contributed by atoms with Crippen LogP contribution in [0.3, 0.4) is 0 Å². The summed E-state index contributed by atoms with van der Waals surface area (Å²) >= 11 is 1.68. The Morgan fingerprint density at radius 1 is 1.52 bits per heavy atom. The Balaban J connectivity index is 1.75. The molecule has 1 aromatic heterocycles. The first-order valence-electron chi connectivity index (χ1n) is 7.16. The topological polar surface area (TPSA) is 63.2 Å². The van der Waals surface area contributed by atoms with E-state index in [0.29, 0.717) is 25.7 Å². The van der Waals surface area contributed by atoms with Crippen LogP contribution in [0.1, 0.15) is 24.8 Å². The fourth-order valence-electron chi connectivity index (χ4n) is 2.23. The number of carbonyl (C=O) groups excluding carboxylic acids is 1. The van der Waals surface area contributed by atoms with Crippen molar-refractivity contribution in [1.29, 1.82) is 0 Å². The quantitative estimate of drug-likeness (QED) is 0.913. The molecule has 2 N–H and O–H groups in total. The summed E-state index contributed by atoms with van der Waals surface area (Å²) in [6.07, 6.45) is 0. The molecule has 0 aliphatic carbocycles. The van der Waals surface area contributed by atoms with Crippen molar-refractivity contribution in [3.05, 3.63) is 23.2 Å². The molecule has 0 radical (unpaired) electrons. The number of nitrogens with zero attached hydrogens (tertiary/aromatic N) is 1. The minimum Gasteiger partial charge on any atom is -0.378 e. The van der Waals surface area contributed by atoms with Crippen molar-refractivity contribution in [3.63, 3.8) is 0 Å². The Kier molecular flexibility index (Phi) is 4.19. The zero-order valence-electron chi connectivity index (χ0n) is 12.2. The van der Waals surface area contributed by atoms with Gasteiger partial charge in [-0.05, 0) is 18.2 Å². The third-order valence-electron chi connectivity index (χ3n) is 3.40. The van der Waals surface area contributed by atoms with E-state index in [2.05, 4.69) is 29.5 Å². The minimum absolute atomic E-state index is 0.0531. The maximum atomic E-state index is 12.2. The van der Waals surface area contributed by atoms with Crippen LogP contribution in [0.2, 0.25) is 0 Å². The van der Waals surface area contributed by atoms with Gasteiger partial charge in [-0.3, -0.25) is 4.79 Å². The molecule has 2 heterocycles. The lowest BCUT2D eigenvalue weighted by Gasteiger charge is -2.22. The minimum atomic E-state index is -0.276. The molecule has 1 aromatic carbocycles. The average Bonchev–Trinajstić information content (AvgIpc) is 2.91. The normalized spacial score (nSPS) is 19.1. The molecule has 1 atom stereocenters. The second-order valence-electron chi connectivity index (χ2n) is 5.46. The maximum Gasteiger partial charge on any atom is 0.243 e. The molecular formula is C15H19N3O2S. The van der Waals surface area contributed by atoms with Gasteiger partial charge in [0.1, 0.15) is 6.04 Å². The smallest absolute Gasteiger partial charge is 0.243 e. The summed E-state index contributed by atoms with van der Waals surface area (Å²) in [6.45, 7) is 6.06. The van der Waals surface area contributed by atoms with Crippen molar-refractivity contribution in [2.75, 3.05) is 25.1 Å². The number of carbonyl (C=O) groups is 1. The average molecular weight is 305 g/mol. The number of hydrogen-bond donors (Lipinski definition) is 2. The van der Waals surface area contributed by atoms with Crippen LogP contribution in [-0.4, -0.2) is 36.7 Å². The summed E-state index contributed by atoms with van der Waals surface area (Å²) in [4.78, 5) is 16.7. The number of aromatic nitrogens is 1. The van der Waals surface area contributed by atoms with Crippen molar-refractivity contribution in [3.8, 4) is 0 Å². The molecule has 0 bridgehead atoms. The van der Waals surface area contributed by atoms with Crippen LogP contribution in [0.4, 0.5) is 5.69 Å². The van der Waals surface area contributed by atoms with Gasteiger partial charge in [-0.2, -0.15) is 0 Å². The van der Waals surface area contributed by atoms with E-state index < -0.39 is 0 Å². The number of benzene rings is 1. The van der Waals surface area contributed by atoms with Gasteiger partial charge in [-0.15, -0.1) is 11.3 Å². The van der Waals surface area contributed by atoms with Crippen LogP contribution < -0.4 is 10.6 Å². The lowest BCUT2D eigenvalue weighted by atomic mass is 10.2. The summed E-state index contributed by atoms with van der Waals surface area (Å²) in [5.74, 6) is 0.367. The van der Waals surface area contributed by atoms with E-state index in [1.165, 1.54) is 0 Å². The first kappa shape index (κ1) is 14.4. The van der Waals surface area contributed by atoms with Crippen LogP contribution in [0.15, 0.2) is 18.2 Å². The van der Waals surface area contributed by atoms with E-state index in [0.717, 1.165) is 20.9 Å². The van der Waals surface area contributed by atoms with Gasteiger partial charge < -0.3 is 15.4 Å². The predicted octanol–water partition coefficient (Wildman–Crippen LogP) is 2.35. The highest BCUT2D eigenvalue weighted by Crippen LogP contribution is 2.29. The third kappa shape index (κ3) is 3.23. The number of thiazole rings is 1. The fourth-order valence-corrected chi connectivity index (χ4v) is 3.24. The molecule has 2 aromatic rings. The second kappa shape index (κ2) is 6.09. The van der Waals surface area contributed by atoms with Gasteiger partial charge in [-0.25, -0.2) is 4.98 Å². The summed E-state index contributed by atoms with van der Waals surface area (Å²) < 4.78 is 6.41. The van der Waals surface area contributed by atoms with Gasteiger partial charge in [0.15, 0.2) is 0 Å². The molecule has 0 saturated carbocycles. The molecular weight excluding hydrogens is 286 g/mol. The van der Waals surface area contributed by atoms with Crippen molar-refractivity contribution in [2.45, 2.75) is 25.8 Å². The molecule has 6 heteroatoms. The number of ether oxygens (including phenoxy) is 1. The molecule has 3 rings (SSSR count). The Morgan fingerprint density at radius 2 is 2.38 bits per heavy atom. The molecule has 1 aliphatic rings. The number of fused-ring (bicyclic) bond motifs is 1. The molecule has 1 amide bonds. The molecule has 1 aliphatic heterocycles. The number of nitrogens with one attached hydrogen (secondary N) is 2. The predicted molar refractivity (Wildman–Crippen MR) is 84.9 cm³/mol. The molecule has 21 heavy (non-hydrogen) atoms. The fraction of sp³-hybridized carbons (Fsp3) is 0.467.